The Kier molecular flexibility index (Phi) is 13.1. The minimum Gasteiger partial charge on any atom is -0.0929 e. The molecule has 1 unspecified atom stereocenters. The summed E-state index contributed by atoms with van der Waals surface area (Å²) < 4.78 is 0. The Hall–Kier alpha value is -0.961. The summed E-state index contributed by atoms with van der Waals surface area (Å²) in [6.07, 6.45) is 29.6. The molecule has 3 heteroatoms. The summed E-state index contributed by atoms with van der Waals surface area (Å²) in [7, 11) is -0.413. The van der Waals surface area contributed by atoms with Gasteiger partial charge in [0.2, 0.25) is 0 Å². The SMILES string of the molecule is C1=CCCC1.CC(C1=C(P(c2ccccc2)c2ccccc2)CC=C1)P(C1CCCCC1)C1CCCCC1.[Fe]. The maximum Gasteiger partial charge on any atom is 0.00217 e. The Labute approximate surface area is 252 Å². The molecule has 0 radical (unpaired) electrons. The van der Waals surface area contributed by atoms with Gasteiger partial charge in [-0.1, -0.05) is 138 Å². The standard InChI is InChI=1S/C31H40P2.C5H8.Fe/c1-25(32(26-15-6-2-7-16-26)27-17-8-3-9-18-27)30-23-14-24-31(30)33(28-19-10-4-11-20-28)29-21-12-5-13-22-29;1-2-4-5-3-1;/h4-5,10-14,19-23,25-27H,2-3,6-9,15-18,24H2,1H3;1-2H,3-5H2;. The second kappa shape index (κ2) is 16.5. The van der Waals surface area contributed by atoms with Crippen LogP contribution < -0.4 is 10.6 Å². The summed E-state index contributed by atoms with van der Waals surface area (Å²) in [5, 5.41) is 4.78. The van der Waals surface area contributed by atoms with E-state index in [1.807, 2.05) is 0 Å². The molecule has 6 rings (SSSR count). The van der Waals surface area contributed by atoms with Crippen molar-refractivity contribution in [3.8, 4) is 0 Å². The van der Waals surface area contributed by atoms with Crippen LogP contribution in [-0.2, 0) is 17.1 Å². The molecule has 2 aromatic carbocycles. The molecule has 4 aliphatic rings. The zero-order valence-electron chi connectivity index (χ0n) is 24.0. The van der Waals surface area contributed by atoms with Crippen LogP contribution in [0.1, 0.15) is 96.8 Å². The molecule has 0 heterocycles. The van der Waals surface area contributed by atoms with Crippen molar-refractivity contribution < 1.29 is 17.1 Å². The van der Waals surface area contributed by atoms with Crippen molar-refractivity contribution >= 4 is 26.5 Å². The summed E-state index contributed by atoms with van der Waals surface area (Å²) in [6, 6.07) is 22.8. The molecular formula is C36H48FeP2. The van der Waals surface area contributed by atoms with Crippen LogP contribution in [-0.4, -0.2) is 17.0 Å². The maximum absolute atomic E-state index is 2.64. The van der Waals surface area contributed by atoms with Crippen molar-refractivity contribution in [2.24, 2.45) is 0 Å². The Balaban J connectivity index is 0.000000530. The molecule has 210 valence electrons. The summed E-state index contributed by atoms with van der Waals surface area (Å²) in [5.41, 5.74) is 4.50. The van der Waals surface area contributed by atoms with Crippen LogP contribution >= 0.6 is 15.8 Å². The fourth-order valence-electron chi connectivity index (χ4n) is 7.17. The monoisotopic (exact) mass is 598 g/mol. The third kappa shape index (κ3) is 8.30. The minimum absolute atomic E-state index is 0. The van der Waals surface area contributed by atoms with Gasteiger partial charge in [-0.3, -0.25) is 0 Å². The first-order valence-corrected chi connectivity index (χ1v) is 18.4. The van der Waals surface area contributed by atoms with Gasteiger partial charge >= 0.3 is 0 Å². The van der Waals surface area contributed by atoms with Crippen molar-refractivity contribution in [1.82, 2.24) is 0 Å². The van der Waals surface area contributed by atoms with Gasteiger partial charge in [-0.25, -0.2) is 0 Å². The number of rotatable bonds is 7. The first kappa shape index (κ1) is 31.0. The summed E-state index contributed by atoms with van der Waals surface area (Å²) in [4.78, 5) is 0. The first-order chi connectivity index (χ1) is 18.8. The maximum atomic E-state index is 2.64. The molecule has 0 amide bonds. The van der Waals surface area contributed by atoms with Crippen LogP contribution in [0.4, 0.5) is 0 Å². The smallest absolute Gasteiger partial charge is 0.00217 e. The van der Waals surface area contributed by atoms with Gasteiger partial charge in [0, 0.05) is 22.7 Å². The Bertz CT molecular complexity index is 998. The van der Waals surface area contributed by atoms with E-state index < -0.39 is 7.92 Å². The average Bonchev–Trinajstić information content (AvgIpc) is 3.72. The molecule has 0 nitrogen and oxygen atoms in total. The zero-order valence-corrected chi connectivity index (χ0v) is 26.9. The molecule has 2 aromatic rings. The zero-order chi connectivity index (χ0) is 26.0. The number of benzene rings is 2. The van der Waals surface area contributed by atoms with Gasteiger partial charge in [0.25, 0.3) is 0 Å². The minimum atomic E-state index is -0.456. The Morgan fingerprint density at radius 1 is 0.615 bits per heavy atom. The Morgan fingerprint density at radius 3 is 1.54 bits per heavy atom. The van der Waals surface area contributed by atoms with Crippen molar-refractivity contribution in [3.63, 3.8) is 0 Å². The van der Waals surface area contributed by atoms with Gasteiger partial charge in [-0.15, -0.1) is 0 Å². The molecule has 0 saturated heterocycles. The summed E-state index contributed by atoms with van der Waals surface area (Å²) in [5.74, 6) is 0. The first-order valence-electron chi connectivity index (χ1n) is 15.5. The van der Waals surface area contributed by atoms with Crippen molar-refractivity contribution in [3.05, 3.63) is 95.9 Å². The molecule has 0 spiro atoms. The summed E-state index contributed by atoms with van der Waals surface area (Å²) in [6.45, 7) is 2.64. The topological polar surface area (TPSA) is 0 Å². The van der Waals surface area contributed by atoms with Gasteiger partial charge in [-0.05, 0) is 92.1 Å². The van der Waals surface area contributed by atoms with Gasteiger partial charge in [0.05, 0.1) is 0 Å². The molecule has 0 bridgehead atoms. The normalized spacial score (nSPS) is 20.7. The fourth-order valence-corrected chi connectivity index (χ4v) is 14.3. The fraction of sp³-hybridized carbons (Fsp3) is 0.500. The number of hydrogen-bond acceptors (Lipinski definition) is 0. The molecular weight excluding hydrogens is 550 g/mol. The van der Waals surface area contributed by atoms with E-state index in [4.69, 9.17) is 0 Å². The molecule has 0 aromatic heterocycles. The van der Waals surface area contributed by atoms with E-state index in [0.29, 0.717) is 0 Å². The number of allylic oxidation sites excluding steroid dienone is 6. The number of hydrogen-bond donors (Lipinski definition) is 0. The van der Waals surface area contributed by atoms with Gasteiger partial charge in [0.15, 0.2) is 0 Å². The van der Waals surface area contributed by atoms with E-state index in [0.717, 1.165) is 23.4 Å². The van der Waals surface area contributed by atoms with Crippen LogP contribution in [0.15, 0.2) is 95.9 Å². The molecule has 1 atom stereocenters. The van der Waals surface area contributed by atoms with E-state index in [9.17, 15) is 0 Å². The quantitative estimate of drug-likeness (QED) is 0.169. The largest absolute Gasteiger partial charge is 0.0929 e. The van der Waals surface area contributed by atoms with Crippen molar-refractivity contribution in [2.45, 2.75) is 114 Å². The predicted octanol–water partition coefficient (Wildman–Crippen LogP) is 10.6. The van der Waals surface area contributed by atoms with Crippen LogP contribution in [0.25, 0.3) is 0 Å². The van der Waals surface area contributed by atoms with Crippen molar-refractivity contribution in [2.75, 3.05) is 0 Å². The summed E-state index contributed by atoms with van der Waals surface area (Å²) >= 11 is 0. The van der Waals surface area contributed by atoms with Crippen LogP contribution in [0.2, 0.25) is 0 Å². The molecule has 39 heavy (non-hydrogen) atoms. The van der Waals surface area contributed by atoms with E-state index in [-0.39, 0.29) is 25.0 Å². The third-order valence-electron chi connectivity index (χ3n) is 9.04. The van der Waals surface area contributed by atoms with Crippen LogP contribution in [0.3, 0.4) is 0 Å². The van der Waals surface area contributed by atoms with Gasteiger partial charge < -0.3 is 0 Å². The predicted molar refractivity (Wildman–Crippen MR) is 173 cm³/mol. The third-order valence-corrected chi connectivity index (χ3v) is 15.5. The molecule has 0 N–H and O–H groups in total. The van der Waals surface area contributed by atoms with Gasteiger partial charge in [-0.2, -0.15) is 0 Å². The second-order valence-corrected chi connectivity index (χ2v) is 17.0. The van der Waals surface area contributed by atoms with Crippen molar-refractivity contribution in [1.29, 1.82) is 0 Å². The van der Waals surface area contributed by atoms with Gasteiger partial charge in [0.1, 0.15) is 0 Å². The molecule has 2 fully saturated rings. The Morgan fingerprint density at radius 2 is 1.10 bits per heavy atom. The average molecular weight is 599 g/mol. The molecule has 4 aliphatic carbocycles. The van der Waals surface area contributed by atoms with E-state index in [1.54, 1.807) is 10.9 Å². The van der Waals surface area contributed by atoms with E-state index >= 15 is 0 Å². The molecule has 2 saturated carbocycles. The molecule has 0 aliphatic heterocycles. The van der Waals surface area contributed by atoms with E-state index in [2.05, 4.69) is 91.9 Å². The van der Waals surface area contributed by atoms with E-state index in [1.165, 1.54) is 94.1 Å². The van der Waals surface area contributed by atoms with Crippen LogP contribution in [0, 0.1) is 0 Å². The van der Waals surface area contributed by atoms with Crippen LogP contribution in [0.5, 0.6) is 0 Å². The second-order valence-electron chi connectivity index (χ2n) is 11.6.